The first-order valence-electron chi connectivity index (χ1n) is 9.80. The van der Waals surface area contributed by atoms with Gasteiger partial charge in [0.05, 0.1) is 25.1 Å². The zero-order valence-corrected chi connectivity index (χ0v) is 18.1. The molecule has 0 spiro atoms. The molecule has 0 aliphatic heterocycles. The quantitative estimate of drug-likeness (QED) is 0.472. The zero-order chi connectivity index (χ0) is 24.0. The van der Waals surface area contributed by atoms with E-state index in [1.807, 2.05) is 6.92 Å². The number of amides is 2. The summed E-state index contributed by atoms with van der Waals surface area (Å²) in [4.78, 5) is 22.8. The molecule has 1 unspecified atom stereocenters. The van der Waals surface area contributed by atoms with Crippen LogP contribution < -0.4 is 20.3 Å². The van der Waals surface area contributed by atoms with Crippen LogP contribution in [0, 0.1) is 17.5 Å². The summed E-state index contributed by atoms with van der Waals surface area (Å²) in [6, 6.07) is 7.82. The summed E-state index contributed by atoms with van der Waals surface area (Å²) in [7, 11) is 3.05. The van der Waals surface area contributed by atoms with Gasteiger partial charge in [0.2, 0.25) is 5.95 Å². The Kier molecular flexibility index (Phi) is 7.67. The Bertz CT molecular complexity index is 1110. The summed E-state index contributed by atoms with van der Waals surface area (Å²) in [5.74, 6) is -2.89. The number of aromatic nitrogens is 2. The number of hydrogen-bond acceptors (Lipinski definition) is 6. The monoisotopic (exact) mass is 461 g/mol. The van der Waals surface area contributed by atoms with Crippen molar-refractivity contribution in [3.63, 3.8) is 0 Å². The van der Waals surface area contributed by atoms with Crippen molar-refractivity contribution in [3.8, 4) is 5.75 Å². The molecule has 2 N–H and O–H groups in total. The molecule has 1 heterocycles. The van der Waals surface area contributed by atoms with Crippen LogP contribution in [0.5, 0.6) is 5.75 Å². The molecule has 174 valence electrons. The Morgan fingerprint density at radius 3 is 2.42 bits per heavy atom. The van der Waals surface area contributed by atoms with Gasteiger partial charge in [-0.05, 0) is 31.2 Å². The smallest absolute Gasteiger partial charge is 0.332 e. The van der Waals surface area contributed by atoms with E-state index in [1.165, 1.54) is 19.4 Å². The van der Waals surface area contributed by atoms with Crippen molar-refractivity contribution in [3.05, 3.63) is 66.1 Å². The van der Waals surface area contributed by atoms with Crippen molar-refractivity contribution in [2.45, 2.75) is 13.0 Å². The third-order valence-electron chi connectivity index (χ3n) is 4.45. The van der Waals surface area contributed by atoms with E-state index in [9.17, 15) is 18.0 Å². The largest absolute Gasteiger partial charge is 0.497 e. The van der Waals surface area contributed by atoms with Crippen LogP contribution in [0.2, 0.25) is 0 Å². The van der Waals surface area contributed by atoms with E-state index in [2.05, 4.69) is 20.6 Å². The van der Waals surface area contributed by atoms with Crippen LogP contribution >= 0.6 is 0 Å². The van der Waals surface area contributed by atoms with E-state index in [4.69, 9.17) is 9.47 Å². The Hall–Kier alpha value is -3.86. The Balaban J connectivity index is 1.98. The van der Waals surface area contributed by atoms with E-state index in [1.54, 1.807) is 31.4 Å². The predicted octanol–water partition coefficient (Wildman–Crippen LogP) is 4.72. The van der Waals surface area contributed by atoms with Crippen molar-refractivity contribution in [1.82, 2.24) is 9.97 Å². The van der Waals surface area contributed by atoms with Gasteiger partial charge in [0.1, 0.15) is 17.4 Å². The first-order valence-corrected chi connectivity index (χ1v) is 9.80. The first kappa shape index (κ1) is 23.8. The van der Waals surface area contributed by atoms with Gasteiger partial charge in [-0.25, -0.2) is 27.8 Å². The molecular weight excluding hydrogens is 439 g/mol. The predicted molar refractivity (Wildman–Crippen MR) is 117 cm³/mol. The van der Waals surface area contributed by atoms with Crippen LogP contribution in [0.25, 0.3) is 0 Å². The van der Waals surface area contributed by atoms with E-state index < -0.39 is 29.2 Å². The number of rotatable bonds is 8. The van der Waals surface area contributed by atoms with E-state index in [-0.39, 0.29) is 17.8 Å². The normalized spacial score (nSPS) is 11.6. The maximum absolute atomic E-state index is 14.1. The number of methoxy groups -OCH3 is 2. The molecule has 33 heavy (non-hydrogen) atoms. The highest BCUT2D eigenvalue weighted by atomic mass is 19.2. The molecule has 11 heteroatoms. The van der Waals surface area contributed by atoms with Gasteiger partial charge in [-0.3, -0.25) is 0 Å². The zero-order valence-electron chi connectivity index (χ0n) is 18.1. The van der Waals surface area contributed by atoms with E-state index >= 15 is 0 Å². The highest BCUT2D eigenvalue weighted by molar-refractivity contribution is 6.06. The molecule has 0 saturated heterocycles. The standard InChI is InChI=1S/C22H22F3N5O3/c1-13(12-32-2)27-21-26-9-8-20(29-21)30(14-4-6-15(33-3)7-5-14)22(31)28-19-11-17(24)16(23)10-18(19)25/h4-11,13H,12H2,1-3H3,(H,28,31)(H,26,27,29). The van der Waals surface area contributed by atoms with E-state index in [0.29, 0.717) is 30.2 Å². The second-order valence-electron chi connectivity index (χ2n) is 6.95. The van der Waals surface area contributed by atoms with Gasteiger partial charge < -0.3 is 20.1 Å². The first-order chi connectivity index (χ1) is 15.8. The fourth-order valence-electron chi connectivity index (χ4n) is 2.93. The van der Waals surface area contributed by atoms with Gasteiger partial charge in [0.25, 0.3) is 0 Å². The minimum atomic E-state index is -1.37. The average molecular weight is 461 g/mol. The molecule has 8 nitrogen and oxygen atoms in total. The molecular formula is C22H22F3N5O3. The molecule has 0 aliphatic carbocycles. The molecule has 2 aromatic carbocycles. The fourth-order valence-corrected chi connectivity index (χ4v) is 2.93. The molecule has 0 bridgehead atoms. The number of carbonyl (C=O) groups excluding carboxylic acids is 1. The van der Waals surface area contributed by atoms with Gasteiger partial charge in [0.15, 0.2) is 11.6 Å². The Labute approximate surface area is 188 Å². The lowest BCUT2D eigenvalue weighted by atomic mass is 10.2. The van der Waals surface area contributed by atoms with Gasteiger partial charge >= 0.3 is 6.03 Å². The van der Waals surface area contributed by atoms with Crippen molar-refractivity contribution in [2.24, 2.45) is 0 Å². The lowest BCUT2D eigenvalue weighted by molar-refractivity contribution is 0.190. The van der Waals surface area contributed by atoms with Crippen molar-refractivity contribution < 1.29 is 27.4 Å². The molecule has 0 aliphatic rings. The summed E-state index contributed by atoms with van der Waals surface area (Å²) >= 11 is 0. The van der Waals surface area contributed by atoms with Crippen LogP contribution in [-0.2, 0) is 4.74 Å². The number of nitrogens with one attached hydrogen (secondary N) is 2. The van der Waals surface area contributed by atoms with Gasteiger partial charge in [0, 0.05) is 37.5 Å². The number of carbonyl (C=O) groups is 1. The summed E-state index contributed by atoms with van der Waals surface area (Å²) in [6.07, 6.45) is 1.44. The maximum Gasteiger partial charge on any atom is 0.332 e. The van der Waals surface area contributed by atoms with Crippen LogP contribution in [0.15, 0.2) is 48.7 Å². The second-order valence-corrected chi connectivity index (χ2v) is 6.95. The molecule has 3 aromatic rings. The highest BCUT2D eigenvalue weighted by Crippen LogP contribution is 2.28. The molecule has 0 saturated carbocycles. The van der Waals surface area contributed by atoms with Crippen LogP contribution in [-0.4, -0.2) is 42.9 Å². The highest BCUT2D eigenvalue weighted by Gasteiger charge is 2.22. The van der Waals surface area contributed by atoms with Gasteiger partial charge in [-0.2, -0.15) is 4.98 Å². The number of benzene rings is 2. The summed E-state index contributed by atoms with van der Waals surface area (Å²) in [5.41, 5.74) is -0.176. The Morgan fingerprint density at radius 2 is 1.76 bits per heavy atom. The maximum atomic E-state index is 14.1. The molecule has 1 aromatic heterocycles. The van der Waals surface area contributed by atoms with Crippen LogP contribution in [0.3, 0.4) is 0 Å². The summed E-state index contributed by atoms with van der Waals surface area (Å²) < 4.78 is 51.3. The average Bonchev–Trinajstić information content (AvgIpc) is 2.78. The van der Waals surface area contributed by atoms with Crippen LogP contribution in [0.4, 0.5) is 41.1 Å². The summed E-state index contributed by atoms with van der Waals surface area (Å²) in [5, 5.41) is 5.30. The number of nitrogens with zero attached hydrogens (tertiary/aromatic N) is 3. The molecule has 0 radical (unpaired) electrons. The fraction of sp³-hybridized carbons (Fsp3) is 0.227. The number of hydrogen-bond donors (Lipinski definition) is 2. The SMILES string of the molecule is COCC(C)Nc1nccc(N(C(=O)Nc2cc(F)c(F)cc2F)c2ccc(OC)cc2)n1. The van der Waals surface area contributed by atoms with E-state index in [0.717, 1.165) is 4.90 Å². The van der Waals surface area contributed by atoms with Crippen molar-refractivity contribution >= 4 is 29.2 Å². The van der Waals surface area contributed by atoms with Crippen molar-refractivity contribution in [1.29, 1.82) is 0 Å². The van der Waals surface area contributed by atoms with Crippen LogP contribution in [0.1, 0.15) is 6.92 Å². The van der Waals surface area contributed by atoms with Crippen molar-refractivity contribution in [2.75, 3.05) is 36.4 Å². The lowest BCUT2D eigenvalue weighted by Gasteiger charge is -2.23. The van der Waals surface area contributed by atoms with Gasteiger partial charge in [-0.15, -0.1) is 0 Å². The number of anilines is 4. The molecule has 2 amide bonds. The van der Waals surface area contributed by atoms with Gasteiger partial charge in [-0.1, -0.05) is 0 Å². The number of urea groups is 1. The lowest BCUT2D eigenvalue weighted by Crippen LogP contribution is -2.32. The third-order valence-corrected chi connectivity index (χ3v) is 4.45. The second kappa shape index (κ2) is 10.6. The third kappa shape index (κ3) is 5.89. The molecule has 0 fully saturated rings. The number of halogens is 3. The molecule has 3 rings (SSSR count). The summed E-state index contributed by atoms with van der Waals surface area (Å²) in [6.45, 7) is 2.25. The number of ether oxygens (including phenoxy) is 2. The minimum absolute atomic E-state index is 0.121. The minimum Gasteiger partial charge on any atom is -0.497 e. The Morgan fingerprint density at radius 1 is 1.06 bits per heavy atom. The molecule has 1 atom stereocenters. The topological polar surface area (TPSA) is 88.6 Å².